The van der Waals surface area contributed by atoms with Crippen LogP contribution in [-0.2, 0) is 4.79 Å². The van der Waals surface area contributed by atoms with Crippen molar-refractivity contribution < 1.29 is 9.90 Å². The molecular formula is C12H26N2O2. The van der Waals surface area contributed by atoms with Gasteiger partial charge in [-0.25, -0.2) is 0 Å². The minimum atomic E-state index is -0.141. The highest BCUT2D eigenvalue weighted by molar-refractivity contribution is 5.78. The normalized spacial score (nSPS) is 14.6. The Labute approximate surface area is 99.0 Å². The number of nitrogens with one attached hydrogen (secondary N) is 1. The van der Waals surface area contributed by atoms with Gasteiger partial charge in [0.25, 0.3) is 0 Å². The van der Waals surface area contributed by atoms with Crippen LogP contribution in [0.25, 0.3) is 0 Å². The van der Waals surface area contributed by atoms with Crippen LogP contribution < -0.4 is 5.32 Å². The Balaban J connectivity index is 4.15. The average Bonchev–Trinajstić information content (AvgIpc) is 2.28. The lowest BCUT2D eigenvalue weighted by Gasteiger charge is -2.30. The van der Waals surface area contributed by atoms with Gasteiger partial charge in [-0.3, -0.25) is 4.79 Å². The first-order valence-corrected chi connectivity index (χ1v) is 6.16. The molecule has 1 unspecified atom stereocenters. The molecular weight excluding hydrogens is 204 g/mol. The quantitative estimate of drug-likeness (QED) is 0.654. The molecule has 0 aliphatic rings. The molecule has 0 aliphatic carbocycles. The third-order valence-electron chi connectivity index (χ3n) is 3.23. The van der Waals surface area contributed by atoms with Gasteiger partial charge in [-0.2, -0.15) is 0 Å². The first-order valence-electron chi connectivity index (χ1n) is 6.16. The molecule has 0 aliphatic heterocycles. The second-order valence-electron chi connectivity index (χ2n) is 4.31. The van der Waals surface area contributed by atoms with Crippen LogP contribution in [0.4, 0.5) is 0 Å². The Morgan fingerprint density at radius 1 is 1.31 bits per heavy atom. The molecule has 0 saturated carbocycles. The van der Waals surface area contributed by atoms with Crippen LogP contribution in [0.3, 0.4) is 0 Å². The summed E-state index contributed by atoms with van der Waals surface area (Å²) in [5.41, 5.74) is -0.141. The second kappa shape index (κ2) is 7.63. The van der Waals surface area contributed by atoms with Gasteiger partial charge in [0.1, 0.15) is 0 Å². The molecule has 4 heteroatoms. The monoisotopic (exact) mass is 230 g/mol. The van der Waals surface area contributed by atoms with E-state index in [1.807, 2.05) is 25.7 Å². The van der Waals surface area contributed by atoms with Crippen molar-refractivity contribution in [1.29, 1.82) is 0 Å². The van der Waals surface area contributed by atoms with Crippen molar-refractivity contribution >= 4 is 5.91 Å². The van der Waals surface area contributed by atoms with Gasteiger partial charge in [-0.05, 0) is 33.6 Å². The predicted molar refractivity (Wildman–Crippen MR) is 66.3 cm³/mol. The molecule has 2 N–H and O–H groups in total. The van der Waals surface area contributed by atoms with Crippen molar-refractivity contribution in [3.63, 3.8) is 0 Å². The maximum atomic E-state index is 11.8. The molecule has 16 heavy (non-hydrogen) atoms. The summed E-state index contributed by atoms with van der Waals surface area (Å²) in [7, 11) is 0. The maximum Gasteiger partial charge on any atom is 0.236 e. The number of carbonyl (C=O) groups is 1. The number of aliphatic hydroxyl groups is 1. The number of aliphatic hydroxyl groups excluding tert-OH is 1. The molecule has 1 amide bonds. The third kappa shape index (κ3) is 4.94. The number of likely N-dealkylation sites (N-methyl/N-ethyl adjacent to an activating group) is 1. The Bertz CT molecular complexity index is 205. The van der Waals surface area contributed by atoms with E-state index in [0.717, 1.165) is 19.5 Å². The van der Waals surface area contributed by atoms with E-state index >= 15 is 0 Å². The Hall–Kier alpha value is -0.610. The number of hydrogen-bond donors (Lipinski definition) is 2. The lowest BCUT2D eigenvalue weighted by molar-refractivity contribution is -0.130. The zero-order valence-electron chi connectivity index (χ0n) is 11.0. The highest BCUT2D eigenvalue weighted by atomic mass is 16.3. The van der Waals surface area contributed by atoms with Crippen molar-refractivity contribution in [2.75, 3.05) is 26.2 Å². The predicted octanol–water partition coefficient (Wildman–Crippen LogP) is 0.995. The zero-order chi connectivity index (χ0) is 12.6. The van der Waals surface area contributed by atoms with Crippen LogP contribution in [0.2, 0.25) is 0 Å². The highest BCUT2D eigenvalue weighted by Crippen LogP contribution is 2.13. The van der Waals surface area contributed by atoms with Gasteiger partial charge < -0.3 is 15.3 Å². The van der Waals surface area contributed by atoms with Crippen molar-refractivity contribution in [2.24, 2.45) is 0 Å². The summed E-state index contributed by atoms with van der Waals surface area (Å²) < 4.78 is 0. The van der Waals surface area contributed by atoms with E-state index < -0.39 is 0 Å². The van der Waals surface area contributed by atoms with Crippen molar-refractivity contribution in [3.8, 4) is 0 Å². The fourth-order valence-corrected chi connectivity index (χ4v) is 1.61. The summed E-state index contributed by atoms with van der Waals surface area (Å²) in [5.74, 6) is 0.127. The summed E-state index contributed by atoms with van der Waals surface area (Å²) in [6.45, 7) is 10.1. The fourth-order valence-electron chi connectivity index (χ4n) is 1.61. The SMILES string of the molecule is CCN(CC)C(=O)CNC(C)(CC)CCO. The van der Waals surface area contributed by atoms with Gasteiger partial charge in [0.15, 0.2) is 0 Å². The summed E-state index contributed by atoms with van der Waals surface area (Å²) >= 11 is 0. The van der Waals surface area contributed by atoms with Gasteiger partial charge >= 0.3 is 0 Å². The molecule has 0 radical (unpaired) electrons. The van der Waals surface area contributed by atoms with Crippen LogP contribution >= 0.6 is 0 Å². The van der Waals surface area contributed by atoms with Crippen molar-refractivity contribution in [2.45, 2.75) is 46.1 Å². The summed E-state index contributed by atoms with van der Waals surface area (Å²) in [5, 5.41) is 12.2. The molecule has 0 spiro atoms. The van der Waals surface area contributed by atoms with E-state index in [2.05, 4.69) is 12.2 Å². The first kappa shape index (κ1) is 15.4. The molecule has 0 bridgehead atoms. The molecule has 1 atom stereocenters. The summed E-state index contributed by atoms with van der Waals surface area (Å²) in [4.78, 5) is 13.6. The lowest BCUT2D eigenvalue weighted by Crippen LogP contribution is -2.48. The number of amides is 1. The average molecular weight is 230 g/mol. The van der Waals surface area contributed by atoms with E-state index in [1.165, 1.54) is 0 Å². The van der Waals surface area contributed by atoms with E-state index in [1.54, 1.807) is 0 Å². The Morgan fingerprint density at radius 3 is 2.25 bits per heavy atom. The zero-order valence-corrected chi connectivity index (χ0v) is 11.0. The van der Waals surface area contributed by atoms with Gasteiger partial charge in [0.2, 0.25) is 5.91 Å². The van der Waals surface area contributed by atoms with E-state index in [4.69, 9.17) is 5.11 Å². The van der Waals surface area contributed by atoms with Crippen LogP contribution in [0.1, 0.15) is 40.5 Å². The molecule has 0 heterocycles. The topological polar surface area (TPSA) is 52.6 Å². The van der Waals surface area contributed by atoms with Crippen molar-refractivity contribution in [3.05, 3.63) is 0 Å². The van der Waals surface area contributed by atoms with Crippen LogP contribution in [0.5, 0.6) is 0 Å². The van der Waals surface area contributed by atoms with E-state index in [9.17, 15) is 4.79 Å². The number of hydrogen-bond acceptors (Lipinski definition) is 3. The summed E-state index contributed by atoms with van der Waals surface area (Å²) in [6.07, 6.45) is 1.58. The largest absolute Gasteiger partial charge is 0.396 e. The molecule has 0 saturated heterocycles. The minimum absolute atomic E-state index is 0.127. The summed E-state index contributed by atoms with van der Waals surface area (Å²) in [6, 6.07) is 0. The first-order chi connectivity index (χ1) is 7.52. The van der Waals surface area contributed by atoms with Crippen molar-refractivity contribution in [1.82, 2.24) is 10.2 Å². The molecule has 0 aromatic carbocycles. The smallest absolute Gasteiger partial charge is 0.236 e. The van der Waals surface area contributed by atoms with Gasteiger partial charge in [0, 0.05) is 25.2 Å². The lowest BCUT2D eigenvalue weighted by atomic mass is 9.95. The Kier molecular flexibility index (Phi) is 7.34. The second-order valence-corrected chi connectivity index (χ2v) is 4.31. The van der Waals surface area contributed by atoms with E-state index in [-0.39, 0.29) is 18.1 Å². The van der Waals surface area contributed by atoms with Gasteiger partial charge in [0.05, 0.1) is 6.54 Å². The third-order valence-corrected chi connectivity index (χ3v) is 3.23. The van der Waals surface area contributed by atoms with E-state index in [0.29, 0.717) is 13.0 Å². The highest BCUT2D eigenvalue weighted by Gasteiger charge is 2.22. The van der Waals surface area contributed by atoms with Crippen LogP contribution in [0, 0.1) is 0 Å². The molecule has 0 aromatic heterocycles. The standard InChI is InChI=1S/C12H26N2O2/c1-5-12(4,8-9-15)13-10-11(16)14(6-2)7-3/h13,15H,5-10H2,1-4H3. The maximum absolute atomic E-state index is 11.8. The molecule has 0 rings (SSSR count). The molecule has 96 valence electrons. The molecule has 4 nitrogen and oxygen atoms in total. The van der Waals surface area contributed by atoms with Gasteiger partial charge in [-0.15, -0.1) is 0 Å². The number of nitrogens with zero attached hydrogens (tertiary/aromatic N) is 1. The van der Waals surface area contributed by atoms with Crippen LogP contribution in [0.15, 0.2) is 0 Å². The number of carbonyl (C=O) groups excluding carboxylic acids is 1. The Morgan fingerprint density at radius 2 is 1.88 bits per heavy atom. The molecule has 0 aromatic rings. The minimum Gasteiger partial charge on any atom is -0.396 e. The molecule has 0 fully saturated rings. The van der Waals surface area contributed by atoms with Gasteiger partial charge in [-0.1, -0.05) is 6.92 Å². The fraction of sp³-hybridized carbons (Fsp3) is 0.917. The number of rotatable bonds is 8. The van der Waals surface area contributed by atoms with Crippen LogP contribution in [-0.4, -0.2) is 47.7 Å².